The lowest BCUT2D eigenvalue weighted by Gasteiger charge is -2.34. The van der Waals surface area contributed by atoms with Gasteiger partial charge in [0.1, 0.15) is 5.82 Å². The molecule has 1 aliphatic heterocycles. The van der Waals surface area contributed by atoms with E-state index in [0.29, 0.717) is 0 Å². The average Bonchev–Trinajstić information content (AvgIpc) is 3.00. The third kappa shape index (κ3) is 3.50. The number of carbonyl (C=O) groups excluding carboxylic acids is 1. The Balaban J connectivity index is 1.59. The number of anilines is 1. The topological polar surface area (TPSA) is 77.2 Å². The van der Waals surface area contributed by atoms with Crippen LogP contribution in [0, 0.1) is 6.92 Å². The summed E-state index contributed by atoms with van der Waals surface area (Å²) in [6, 6.07) is 7.63. The van der Waals surface area contributed by atoms with Gasteiger partial charge in [0.15, 0.2) is 5.82 Å². The summed E-state index contributed by atoms with van der Waals surface area (Å²) in [6.07, 6.45) is 0. The Morgan fingerprint density at radius 1 is 1.26 bits per heavy atom. The zero-order valence-corrected chi connectivity index (χ0v) is 13.5. The summed E-state index contributed by atoms with van der Waals surface area (Å²) in [5.41, 5.74) is 1.60. The van der Waals surface area contributed by atoms with Gasteiger partial charge in [-0.25, -0.2) is 4.98 Å². The number of benzene rings is 1. The maximum atomic E-state index is 12.7. The summed E-state index contributed by atoms with van der Waals surface area (Å²) in [7, 11) is 1.84. The van der Waals surface area contributed by atoms with Crippen molar-refractivity contribution in [1.82, 2.24) is 25.0 Å². The fourth-order valence-corrected chi connectivity index (χ4v) is 2.83. The van der Waals surface area contributed by atoms with E-state index in [1.54, 1.807) is 0 Å². The van der Waals surface area contributed by atoms with Crippen molar-refractivity contribution in [2.75, 3.05) is 38.5 Å². The van der Waals surface area contributed by atoms with Crippen LogP contribution < -0.4 is 5.32 Å². The van der Waals surface area contributed by atoms with Crippen LogP contribution in [0.5, 0.6) is 0 Å². The van der Waals surface area contributed by atoms with E-state index >= 15 is 0 Å². The number of aromatic nitrogens is 3. The number of carbonyl (C=O) groups is 1. The molecule has 1 amide bonds. The molecule has 1 fully saturated rings. The molecule has 0 radical (unpaired) electrons. The van der Waals surface area contributed by atoms with Crippen molar-refractivity contribution >= 4 is 11.6 Å². The molecular weight excluding hydrogens is 292 g/mol. The minimum Gasteiger partial charge on any atom is -0.387 e. The molecule has 0 aliphatic carbocycles. The third-order valence-electron chi connectivity index (χ3n) is 4.09. The molecule has 1 aliphatic rings. The number of nitrogens with zero attached hydrogens (tertiary/aromatic N) is 4. The van der Waals surface area contributed by atoms with Gasteiger partial charge < -0.3 is 10.2 Å². The Hall–Kier alpha value is -2.41. The maximum Gasteiger partial charge on any atom is 0.256 e. The minimum absolute atomic E-state index is 0.0864. The standard InChI is InChI=1S/C16H22N6O/c1-12-18-15(20-19-12)11-21-7-9-22(10-8-21)16(23)13-5-3-4-6-14(13)17-2/h3-6,17H,7-11H2,1-2H3,(H,18,19,20). The number of hydrogen-bond acceptors (Lipinski definition) is 5. The van der Waals surface area contributed by atoms with Gasteiger partial charge in [-0.3, -0.25) is 14.8 Å². The first-order valence-corrected chi connectivity index (χ1v) is 7.83. The molecule has 122 valence electrons. The fourth-order valence-electron chi connectivity index (χ4n) is 2.83. The van der Waals surface area contributed by atoms with Crippen LogP contribution in [-0.4, -0.2) is 64.1 Å². The molecule has 0 spiro atoms. The smallest absolute Gasteiger partial charge is 0.256 e. The van der Waals surface area contributed by atoms with Crippen molar-refractivity contribution in [3.63, 3.8) is 0 Å². The Bertz CT molecular complexity index is 675. The van der Waals surface area contributed by atoms with E-state index in [1.165, 1.54) is 0 Å². The first-order chi connectivity index (χ1) is 11.2. The molecule has 23 heavy (non-hydrogen) atoms. The lowest BCUT2D eigenvalue weighted by Crippen LogP contribution is -2.48. The molecule has 2 heterocycles. The van der Waals surface area contributed by atoms with E-state index in [4.69, 9.17) is 0 Å². The zero-order chi connectivity index (χ0) is 16.2. The van der Waals surface area contributed by atoms with E-state index in [-0.39, 0.29) is 5.91 Å². The highest BCUT2D eigenvalue weighted by molar-refractivity contribution is 5.99. The van der Waals surface area contributed by atoms with Crippen LogP contribution in [0.15, 0.2) is 24.3 Å². The third-order valence-corrected chi connectivity index (χ3v) is 4.09. The number of hydrogen-bond donors (Lipinski definition) is 2. The lowest BCUT2D eigenvalue weighted by atomic mass is 10.1. The van der Waals surface area contributed by atoms with Gasteiger partial charge in [-0.15, -0.1) is 0 Å². The van der Waals surface area contributed by atoms with Crippen molar-refractivity contribution in [3.8, 4) is 0 Å². The van der Waals surface area contributed by atoms with Crippen LogP contribution in [0.3, 0.4) is 0 Å². The molecule has 0 saturated carbocycles. The summed E-state index contributed by atoms with van der Waals surface area (Å²) in [5.74, 6) is 1.73. The molecule has 7 nitrogen and oxygen atoms in total. The van der Waals surface area contributed by atoms with Gasteiger partial charge in [0.25, 0.3) is 5.91 Å². The van der Waals surface area contributed by atoms with E-state index in [1.807, 2.05) is 43.1 Å². The number of H-pyrrole nitrogens is 1. The van der Waals surface area contributed by atoms with Gasteiger partial charge in [0.05, 0.1) is 12.1 Å². The van der Waals surface area contributed by atoms with E-state index in [0.717, 1.165) is 55.6 Å². The number of rotatable bonds is 4. The van der Waals surface area contributed by atoms with E-state index in [9.17, 15) is 4.79 Å². The highest BCUT2D eigenvalue weighted by atomic mass is 16.2. The largest absolute Gasteiger partial charge is 0.387 e. The van der Waals surface area contributed by atoms with Gasteiger partial charge in [0, 0.05) is 38.9 Å². The van der Waals surface area contributed by atoms with Gasteiger partial charge in [-0.05, 0) is 19.1 Å². The van der Waals surface area contributed by atoms with E-state index < -0.39 is 0 Å². The Morgan fingerprint density at radius 2 is 2.00 bits per heavy atom. The monoisotopic (exact) mass is 314 g/mol. The predicted octanol–water partition coefficient (Wildman–Crippen LogP) is 1.11. The second-order valence-electron chi connectivity index (χ2n) is 5.70. The molecule has 3 rings (SSSR count). The molecule has 2 aromatic rings. The van der Waals surface area contributed by atoms with Crippen molar-refractivity contribution in [1.29, 1.82) is 0 Å². The van der Waals surface area contributed by atoms with Crippen molar-refractivity contribution < 1.29 is 4.79 Å². The molecule has 7 heteroatoms. The van der Waals surface area contributed by atoms with E-state index in [2.05, 4.69) is 25.4 Å². The number of amides is 1. The van der Waals surface area contributed by atoms with Crippen LogP contribution >= 0.6 is 0 Å². The summed E-state index contributed by atoms with van der Waals surface area (Å²) in [4.78, 5) is 21.2. The molecule has 0 bridgehead atoms. The second kappa shape index (κ2) is 6.78. The van der Waals surface area contributed by atoms with Gasteiger partial charge in [-0.2, -0.15) is 5.10 Å². The van der Waals surface area contributed by atoms with Crippen LogP contribution in [-0.2, 0) is 6.54 Å². The Morgan fingerprint density at radius 3 is 2.65 bits per heavy atom. The summed E-state index contributed by atoms with van der Waals surface area (Å²) in [5, 5.41) is 10.1. The van der Waals surface area contributed by atoms with Crippen molar-refractivity contribution in [2.45, 2.75) is 13.5 Å². The summed E-state index contributed by atoms with van der Waals surface area (Å²) in [6.45, 7) is 5.73. The van der Waals surface area contributed by atoms with Crippen LogP contribution in [0.4, 0.5) is 5.69 Å². The number of aryl methyl sites for hydroxylation is 1. The molecule has 1 saturated heterocycles. The Labute approximate surface area is 135 Å². The second-order valence-corrected chi connectivity index (χ2v) is 5.70. The number of aromatic amines is 1. The summed E-state index contributed by atoms with van der Waals surface area (Å²) >= 11 is 0. The quantitative estimate of drug-likeness (QED) is 0.884. The lowest BCUT2D eigenvalue weighted by molar-refractivity contribution is 0.0626. The zero-order valence-electron chi connectivity index (χ0n) is 13.5. The average molecular weight is 314 g/mol. The minimum atomic E-state index is 0.0864. The van der Waals surface area contributed by atoms with Crippen LogP contribution in [0.1, 0.15) is 22.0 Å². The SMILES string of the molecule is CNc1ccccc1C(=O)N1CCN(Cc2n[nH]c(C)n2)CC1. The molecule has 1 aromatic heterocycles. The van der Waals surface area contributed by atoms with Crippen LogP contribution in [0.25, 0.3) is 0 Å². The predicted molar refractivity (Wildman–Crippen MR) is 88.3 cm³/mol. The highest BCUT2D eigenvalue weighted by Crippen LogP contribution is 2.18. The first-order valence-electron chi connectivity index (χ1n) is 7.83. The maximum absolute atomic E-state index is 12.7. The number of nitrogens with one attached hydrogen (secondary N) is 2. The summed E-state index contributed by atoms with van der Waals surface area (Å²) < 4.78 is 0. The first kappa shape index (κ1) is 15.5. The molecule has 0 atom stereocenters. The van der Waals surface area contributed by atoms with Gasteiger partial charge >= 0.3 is 0 Å². The molecule has 0 unspecified atom stereocenters. The fraction of sp³-hybridized carbons (Fsp3) is 0.438. The van der Waals surface area contributed by atoms with Gasteiger partial charge in [-0.1, -0.05) is 12.1 Å². The molecule has 1 aromatic carbocycles. The molecular formula is C16H22N6O. The van der Waals surface area contributed by atoms with Gasteiger partial charge in [0.2, 0.25) is 0 Å². The highest BCUT2D eigenvalue weighted by Gasteiger charge is 2.24. The van der Waals surface area contributed by atoms with Crippen molar-refractivity contribution in [3.05, 3.63) is 41.5 Å². The Kier molecular flexibility index (Phi) is 4.57. The number of para-hydroxylation sites is 1. The van der Waals surface area contributed by atoms with Crippen LogP contribution in [0.2, 0.25) is 0 Å². The number of piperazine rings is 1. The van der Waals surface area contributed by atoms with Crippen molar-refractivity contribution in [2.24, 2.45) is 0 Å². The normalized spacial score (nSPS) is 15.7. The molecule has 2 N–H and O–H groups in total.